The highest BCUT2D eigenvalue weighted by Gasteiger charge is 2.44. The summed E-state index contributed by atoms with van der Waals surface area (Å²) in [7, 11) is 0. The molecule has 0 spiro atoms. The molecule has 1 aromatic carbocycles. The van der Waals surface area contributed by atoms with Crippen LogP contribution in [0, 0.1) is 17.8 Å². The van der Waals surface area contributed by atoms with Crippen LogP contribution in [0.15, 0.2) is 18.2 Å². The predicted octanol–water partition coefficient (Wildman–Crippen LogP) is 4.40. The van der Waals surface area contributed by atoms with Gasteiger partial charge in [0.05, 0.1) is 25.5 Å². The number of unbranched alkanes of at least 4 members (excludes halogenated alkanes) is 2. The molecule has 1 aromatic rings. The Kier molecular flexibility index (Phi) is 9.79. The van der Waals surface area contributed by atoms with Gasteiger partial charge in [-0.2, -0.15) is 0 Å². The van der Waals surface area contributed by atoms with E-state index >= 15 is 0 Å². The number of rotatable bonds is 13. The van der Waals surface area contributed by atoms with Gasteiger partial charge in [0.15, 0.2) is 6.61 Å². The van der Waals surface area contributed by atoms with Crippen molar-refractivity contribution in [3.05, 3.63) is 29.3 Å². The normalized spacial score (nSPS) is 25.1. The lowest BCUT2D eigenvalue weighted by atomic mass is 9.73. The van der Waals surface area contributed by atoms with Crippen LogP contribution in [-0.2, 0) is 22.4 Å². The zero-order chi connectivity index (χ0) is 22.9. The monoisotopic (exact) mass is 450 g/mol. The predicted molar refractivity (Wildman–Crippen MR) is 121 cm³/mol. The summed E-state index contributed by atoms with van der Waals surface area (Å²) in [6, 6.07) is 5.93. The van der Waals surface area contributed by atoms with Gasteiger partial charge in [0.25, 0.3) is 0 Å². The van der Waals surface area contributed by atoms with E-state index in [1.165, 1.54) is 5.56 Å². The maximum atomic E-state index is 12.1. The van der Waals surface area contributed by atoms with Crippen LogP contribution in [0.2, 0.25) is 0 Å². The van der Waals surface area contributed by atoms with Gasteiger partial charge in [0.2, 0.25) is 0 Å². The van der Waals surface area contributed by atoms with Gasteiger partial charge in [-0.1, -0.05) is 38.3 Å². The van der Waals surface area contributed by atoms with Crippen molar-refractivity contribution in [1.29, 1.82) is 0 Å². The third kappa shape index (κ3) is 6.67. The van der Waals surface area contributed by atoms with Crippen molar-refractivity contribution in [2.24, 2.45) is 17.8 Å². The summed E-state index contributed by atoms with van der Waals surface area (Å²) < 4.78 is 22.9. The second-order valence-electron chi connectivity index (χ2n) is 9.47. The first-order valence-electron chi connectivity index (χ1n) is 12.3. The minimum absolute atomic E-state index is 0.0714. The number of aliphatic hydroxyl groups excluding tert-OH is 2. The van der Waals surface area contributed by atoms with E-state index in [4.69, 9.17) is 9.47 Å². The Hall–Kier alpha value is -1.66. The van der Waals surface area contributed by atoms with Crippen molar-refractivity contribution < 1.29 is 28.9 Å². The van der Waals surface area contributed by atoms with E-state index in [9.17, 15) is 19.4 Å². The molecule has 0 aromatic heterocycles. The minimum Gasteiger partial charge on any atom is -0.482 e. The highest BCUT2D eigenvalue weighted by Crippen LogP contribution is 2.48. The fraction of sp³-hybridized carbons (Fsp3) is 0.731. The summed E-state index contributed by atoms with van der Waals surface area (Å²) in [5.41, 5.74) is 2.34. The summed E-state index contributed by atoms with van der Waals surface area (Å²) in [6.45, 7) is 1.55. The number of esters is 1. The molecule has 3 rings (SSSR count). The van der Waals surface area contributed by atoms with Crippen molar-refractivity contribution in [1.82, 2.24) is 0 Å². The lowest BCUT2D eigenvalue weighted by Crippen LogP contribution is -2.28. The molecule has 0 radical (unpaired) electrons. The third-order valence-electron chi connectivity index (χ3n) is 7.21. The van der Waals surface area contributed by atoms with Gasteiger partial charge >= 0.3 is 5.97 Å². The molecule has 0 heterocycles. The van der Waals surface area contributed by atoms with Crippen molar-refractivity contribution in [2.45, 2.75) is 83.3 Å². The van der Waals surface area contributed by atoms with Gasteiger partial charge < -0.3 is 19.7 Å². The SMILES string of the molecule is CCCCC[C@@H](O)CC[C@@H]1[C@H]2Cc3cccc(OCC(=O)OCCCF)c3C[C@H]2C[C@H]1O. The fourth-order valence-corrected chi connectivity index (χ4v) is 5.52. The molecule has 2 aliphatic carbocycles. The van der Waals surface area contributed by atoms with Crippen LogP contribution in [0.25, 0.3) is 0 Å². The molecule has 32 heavy (non-hydrogen) atoms. The number of hydrogen-bond donors (Lipinski definition) is 2. The summed E-state index contributed by atoms with van der Waals surface area (Å²) in [4.78, 5) is 11.8. The average molecular weight is 451 g/mol. The van der Waals surface area contributed by atoms with Gasteiger partial charge in [-0.05, 0) is 73.5 Å². The zero-order valence-electron chi connectivity index (χ0n) is 19.3. The number of fused-ring (bicyclic) bond motifs is 2. The number of carbonyl (C=O) groups is 1. The Bertz CT molecular complexity index is 724. The van der Waals surface area contributed by atoms with Crippen LogP contribution in [-0.4, -0.2) is 48.3 Å². The molecule has 0 unspecified atom stereocenters. The van der Waals surface area contributed by atoms with Crippen LogP contribution < -0.4 is 4.74 Å². The Morgan fingerprint density at radius 3 is 2.84 bits per heavy atom. The molecular weight excluding hydrogens is 411 g/mol. The summed E-state index contributed by atoms with van der Waals surface area (Å²) in [6.07, 6.45) is 7.97. The molecule has 2 N–H and O–H groups in total. The molecule has 0 aliphatic heterocycles. The molecule has 0 bridgehead atoms. The van der Waals surface area contributed by atoms with Crippen molar-refractivity contribution >= 4 is 5.97 Å². The summed E-state index contributed by atoms with van der Waals surface area (Å²) in [5, 5.41) is 21.1. The van der Waals surface area contributed by atoms with Crippen LogP contribution in [0.5, 0.6) is 5.75 Å². The first kappa shape index (κ1) is 25.0. The van der Waals surface area contributed by atoms with E-state index in [-0.39, 0.29) is 37.8 Å². The average Bonchev–Trinajstić information content (AvgIpc) is 3.09. The topological polar surface area (TPSA) is 76.0 Å². The smallest absolute Gasteiger partial charge is 0.344 e. The molecule has 6 heteroatoms. The number of benzene rings is 1. The molecule has 0 saturated heterocycles. The van der Waals surface area contributed by atoms with Crippen molar-refractivity contribution in [3.8, 4) is 5.75 Å². The van der Waals surface area contributed by atoms with Gasteiger partial charge in [-0.3, -0.25) is 4.39 Å². The standard InChI is InChI=1S/C26H39FO5/c1-2-3-4-8-20(28)10-11-21-22-14-18-7-5-9-25(23(18)15-19(22)16-24(21)29)32-17-26(30)31-13-6-12-27/h5,7,9,19-22,24,28-29H,2-4,6,8,10-17H2,1H3/t19-,20+,21+,22-,24+/m0/s1. The highest BCUT2D eigenvalue weighted by atomic mass is 19.1. The van der Waals surface area contributed by atoms with Crippen LogP contribution in [0.1, 0.15) is 69.4 Å². The molecule has 180 valence electrons. The van der Waals surface area contributed by atoms with Gasteiger partial charge in [0, 0.05) is 6.42 Å². The Morgan fingerprint density at radius 2 is 2.06 bits per heavy atom. The number of alkyl halides is 1. The van der Waals surface area contributed by atoms with E-state index < -0.39 is 12.6 Å². The van der Waals surface area contributed by atoms with Crippen LogP contribution in [0.3, 0.4) is 0 Å². The molecule has 2 aliphatic rings. The van der Waals surface area contributed by atoms with Crippen molar-refractivity contribution in [2.75, 3.05) is 19.9 Å². The van der Waals surface area contributed by atoms with Crippen molar-refractivity contribution in [3.63, 3.8) is 0 Å². The minimum atomic E-state index is -0.506. The van der Waals surface area contributed by atoms with E-state index in [0.29, 0.717) is 17.6 Å². The second kappa shape index (κ2) is 12.5. The summed E-state index contributed by atoms with van der Waals surface area (Å²) >= 11 is 0. The fourth-order valence-electron chi connectivity index (χ4n) is 5.52. The molecule has 0 amide bonds. The molecular formula is C26H39FO5. The lowest BCUT2D eigenvalue weighted by molar-refractivity contribution is -0.146. The molecule has 1 fully saturated rings. The van der Waals surface area contributed by atoms with E-state index in [1.807, 2.05) is 12.1 Å². The molecule has 5 nitrogen and oxygen atoms in total. The maximum Gasteiger partial charge on any atom is 0.344 e. The van der Waals surface area contributed by atoms with Gasteiger partial charge in [-0.15, -0.1) is 0 Å². The number of halogens is 1. The maximum absolute atomic E-state index is 12.1. The Morgan fingerprint density at radius 1 is 1.22 bits per heavy atom. The number of aliphatic hydroxyl groups is 2. The Balaban J connectivity index is 1.56. The van der Waals surface area contributed by atoms with E-state index in [0.717, 1.165) is 63.4 Å². The first-order valence-corrected chi connectivity index (χ1v) is 12.3. The van der Waals surface area contributed by atoms with E-state index in [1.54, 1.807) is 0 Å². The quantitative estimate of drug-likeness (QED) is 0.344. The number of carbonyl (C=O) groups excluding carboxylic acids is 1. The van der Waals surface area contributed by atoms with Gasteiger partial charge in [0.1, 0.15) is 5.75 Å². The molecule has 1 saturated carbocycles. The summed E-state index contributed by atoms with van der Waals surface area (Å²) in [5.74, 6) is 1.25. The third-order valence-corrected chi connectivity index (χ3v) is 7.21. The zero-order valence-corrected chi connectivity index (χ0v) is 19.3. The van der Waals surface area contributed by atoms with Crippen LogP contribution >= 0.6 is 0 Å². The lowest BCUT2D eigenvalue weighted by Gasteiger charge is -2.32. The number of hydrogen-bond acceptors (Lipinski definition) is 5. The number of ether oxygens (including phenoxy) is 2. The molecule has 5 atom stereocenters. The Labute approximate surface area is 191 Å². The van der Waals surface area contributed by atoms with E-state index in [2.05, 4.69) is 13.0 Å². The largest absolute Gasteiger partial charge is 0.482 e. The van der Waals surface area contributed by atoms with Gasteiger partial charge in [-0.25, -0.2) is 4.79 Å². The first-order chi connectivity index (χ1) is 15.5. The highest BCUT2D eigenvalue weighted by molar-refractivity contribution is 5.71. The van der Waals surface area contributed by atoms with Crippen LogP contribution in [0.4, 0.5) is 4.39 Å². The second-order valence-corrected chi connectivity index (χ2v) is 9.47.